The maximum Gasteiger partial charge on any atom is 0.410 e. The van der Waals surface area contributed by atoms with Gasteiger partial charge in [0.25, 0.3) is 0 Å². The first kappa shape index (κ1) is 22.7. The average molecular weight is 424 g/mol. The molecule has 1 aromatic carbocycles. The van der Waals surface area contributed by atoms with Gasteiger partial charge in [-0.15, -0.1) is 0 Å². The van der Waals surface area contributed by atoms with E-state index in [4.69, 9.17) is 9.47 Å². The smallest absolute Gasteiger partial charge is 0.410 e. The molecule has 1 aromatic rings. The van der Waals surface area contributed by atoms with Crippen LogP contribution in [0.25, 0.3) is 0 Å². The second-order valence-electron chi connectivity index (χ2n) is 8.21. The molecular weight excluding hydrogens is 392 g/mol. The van der Waals surface area contributed by atoms with Crippen molar-refractivity contribution < 1.29 is 27.8 Å². The van der Waals surface area contributed by atoms with E-state index >= 15 is 0 Å². The SMILES string of the molecule is CCCCOC(=O)N1CCC(F)(F)C(=O)C1CO[C@H]1CC[C@@H](c2ccccc2)CC1. The third-order valence-corrected chi connectivity index (χ3v) is 6.10. The predicted molar refractivity (Wildman–Crippen MR) is 109 cm³/mol. The summed E-state index contributed by atoms with van der Waals surface area (Å²) in [5.41, 5.74) is 1.30. The van der Waals surface area contributed by atoms with Gasteiger partial charge in [-0.25, -0.2) is 4.79 Å². The molecule has 0 N–H and O–H groups in total. The monoisotopic (exact) mass is 423 g/mol. The highest BCUT2D eigenvalue weighted by molar-refractivity contribution is 5.94. The summed E-state index contributed by atoms with van der Waals surface area (Å²) in [4.78, 5) is 25.8. The van der Waals surface area contributed by atoms with Crippen molar-refractivity contribution in [2.75, 3.05) is 19.8 Å². The summed E-state index contributed by atoms with van der Waals surface area (Å²) in [6.07, 6.45) is 3.57. The van der Waals surface area contributed by atoms with Crippen molar-refractivity contribution >= 4 is 11.9 Å². The molecule has 30 heavy (non-hydrogen) atoms. The second kappa shape index (κ2) is 10.3. The number of unbranched alkanes of at least 4 members (excludes halogenated alkanes) is 1. The number of ketones is 1. The first-order valence-corrected chi connectivity index (χ1v) is 10.9. The molecule has 166 valence electrons. The minimum Gasteiger partial charge on any atom is -0.449 e. The van der Waals surface area contributed by atoms with E-state index in [0.717, 1.165) is 37.0 Å². The topological polar surface area (TPSA) is 55.8 Å². The van der Waals surface area contributed by atoms with Crippen LogP contribution < -0.4 is 0 Å². The van der Waals surface area contributed by atoms with Crippen LogP contribution >= 0.6 is 0 Å². The molecule has 0 bridgehead atoms. The largest absolute Gasteiger partial charge is 0.449 e. The zero-order chi connectivity index (χ0) is 21.6. The third kappa shape index (κ3) is 5.56. The number of benzene rings is 1. The van der Waals surface area contributed by atoms with Gasteiger partial charge in [0.15, 0.2) is 0 Å². The van der Waals surface area contributed by atoms with Crippen LogP contribution in [-0.2, 0) is 14.3 Å². The lowest BCUT2D eigenvalue weighted by Crippen LogP contribution is -2.59. The molecule has 3 rings (SSSR count). The van der Waals surface area contributed by atoms with E-state index in [0.29, 0.717) is 12.3 Å². The fourth-order valence-electron chi connectivity index (χ4n) is 4.21. The van der Waals surface area contributed by atoms with Gasteiger partial charge in [0.2, 0.25) is 5.78 Å². The van der Waals surface area contributed by atoms with Crippen LogP contribution in [0.3, 0.4) is 0 Å². The molecule has 1 saturated heterocycles. The summed E-state index contributed by atoms with van der Waals surface area (Å²) < 4.78 is 39.1. The van der Waals surface area contributed by atoms with E-state index < -0.39 is 30.3 Å². The normalized spacial score (nSPS) is 26.4. The lowest BCUT2D eigenvalue weighted by atomic mass is 9.83. The van der Waals surface area contributed by atoms with Crippen molar-refractivity contribution in [2.45, 2.75) is 75.9 Å². The summed E-state index contributed by atoms with van der Waals surface area (Å²) in [7, 11) is 0. The first-order valence-electron chi connectivity index (χ1n) is 10.9. The van der Waals surface area contributed by atoms with Crippen LogP contribution in [0, 0.1) is 0 Å². The number of rotatable bonds is 7. The molecule has 1 aliphatic carbocycles. The van der Waals surface area contributed by atoms with Gasteiger partial charge in [-0.3, -0.25) is 9.69 Å². The Hall–Kier alpha value is -2.02. The Balaban J connectivity index is 1.55. The van der Waals surface area contributed by atoms with E-state index in [9.17, 15) is 18.4 Å². The van der Waals surface area contributed by atoms with Crippen molar-refractivity contribution in [3.63, 3.8) is 0 Å². The van der Waals surface area contributed by atoms with Crippen LogP contribution in [0.15, 0.2) is 30.3 Å². The number of carbonyl (C=O) groups excluding carboxylic acids is 2. The number of piperidine rings is 1. The Morgan fingerprint density at radius 3 is 2.53 bits per heavy atom. The molecular formula is C23H31F2NO4. The van der Waals surface area contributed by atoms with E-state index in [2.05, 4.69) is 12.1 Å². The summed E-state index contributed by atoms with van der Waals surface area (Å²) in [5.74, 6) is -4.21. The average Bonchev–Trinajstić information content (AvgIpc) is 2.76. The van der Waals surface area contributed by atoms with E-state index in [1.54, 1.807) is 0 Å². The van der Waals surface area contributed by atoms with Gasteiger partial charge >= 0.3 is 12.0 Å². The summed E-state index contributed by atoms with van der Waals surface area (Å²) in [6.45, 7) is 1.76. The number of likely N-dealkylation sites (tertiary alicyclic amines) is 1. The fraction of sp³-hybridized carbons (Fsp3) is 0.652. The van der Waals surface area contributed by atoms with Crippen molar-refractivity contribution in [2.24, 2.45) is 0 Å². The molecule has 1 heterocycles. The van der Waals surface area contributed by atoms with Crippen LogP contribution in [0.1, 0.15) is 63.4 Å². The number of halogens is 2. The Morgan fingerprint density at radius 2 is 1.87 bits per heavy atom. The highest BCUT2D eigenvalue weighted by Gasteiger charge is 2.51. The Labute approximate surface area is 176 Å². The number of hydrogen-bond donors (Lipinski definition) is 0. The van der Waals surface area contributed by atoms with E-state index in [-0.39, 0.29) is 25.9 Å². The molecule has 1 unspecified atom stereocenters. The van der Waals surface area contributed by atoms with Crippen LogP contribution in [0.4, 0.5) is 13.6 Å². The standard InChI is InChI=1S/C23H31F2NO4/c1-2-3-15-29-22(28)26-14-13-23(24,25)21(27)20(26)16-30-19-11-9-18(10-12-19)17-7-5-4-6-8-17/h4-8,18-20H,2-3,9-16H2,1H3/t18-,19+,20?. The van der Waals surface area contributed by atoms with E-state index in [1.165, 1.54) is 5.56 Å². The van der Waals surface area contributed by atoms with Gasteiger partial charge in [0, 0.05) is 13.0 Å². The molecule has 1 saturated carbocycles. The lowest BCUT2D eigenvalue weighted by Gasteiger charge is -2.38. The molecule has 7 heteroatoms. The highest BCUT2D eigenvalue weighted by atomic mass is 19.3. The number of ether oxygens (including phenoxy) is 2. The number of hydrogen-bond acceptors (Lipinski definition) is 4. The molecule has 0 spiro atoms. The van der Waals surface area contributed by atoms with Gasteiger partial charge in [0.1, 0.15) is 6.04 Å². The maximum absolute atomic E-state index is 14.0. The molecule has 0 radical (unpaired) electrons. The Bertz CT molecular complexity index is 704. The van der Waals surface area contributed by atoms with Crippen LogP contribution in [-0.4, -0.2) is 54.6 Å². The van der Waals surface area contributed by atoms with E-state index in [1.807, 2.05) is 25.1 Å². The summed E-state index contributed by atoms with van der Waals surface area (Å²) >= 11 is 0. The van der Waals surface area contributed by atoms with Gasteiger partial charge < -0.3 is 9.47 Å². The Kier molecular flexibility index (Phi) is 7.81. The summed E-state index contributed by atoms with van der Waals surface area (Å²) in [6, 6.07) is 9.00. The number of carbonyl (C=O) groups is 2. The molecule has 1 aliphatic heterocycles. The molecule has 1 amide bonds. The van der Waals surface area contributed by atoms with Crippen LogP contribution in [0.5, 0.6) is 0 Å². The number of Topliss-reactive ketones (excluding diaryl/α,β-unsaturated/α-hetero) is 1. The predicted octanol–water partition coefficient (Wildman–Crippen LogP) is 4.94. The van der Waals surface area contributed by atoms with Crippen molar-refractivity contribution in [3.8, 4) is 0 Å². The zero-order valence-electron chi connectivity index (χ0n) is 17.5. The molecule has 2 aliphatic rings. The van der Waals surface area contributed by atoms with Crippen molar-refractivity contribution in [1.82, 2.24) is 4.90 Å². The van der Waals surface area contributed by atoms with Gasteiger partial charge in [0.05, 0.1) is 19.3 Å². The Morgan fingerprint density at radius 1 is 1.17 bits per heavy atom. The second-order valence-corrected chi connectivity index (χ2v) is 8.21. The quantitative estimate of drug-likeness (QED) is 0.583. The molecule has 1 atom stereocenters. The van der Waals surface area contributed by atoms with Gasteiger partial charge in [-0.2, -0.15) is 8.78 Å². The highest BCUT2D eigenvalue weighted by Crippen LogP contribution is 2.35. The fourth-order valence-corrected chi connectivity index (χ4v) is 4.21. The summed E-state index contributed by atoms with van der Waals surface area (Å²) in [5, 5.41) is 0. The molecule has 2 fully saturated rings. The lowest BCUT2D eigenvalue weighted by molar-refractivity contribution is -0.160. The maximum atomic E-state index is 14.0. The molecule has 0 aromatic heterocycles. The van der Waals surface area contributed by atoms with Crippen molar-refractivity contribution in [1.29, 1.82) is 0 Å². The minimum atomic E-state index is -3.43. The zero-order valence-corrected chi connectivity index (χ0v) is 17.5. The van der Waals surface area contributed by atoms with Crippen molar-refractivity contribution in [3.05, 3.63) is 35.9 Å². The minimum absolute atomic E-state index is 0.0914. The number of nitrogens with zero attached hydrogens (tertiary/aromatic N) is 1. The van der Waals surface area contributed by atoms with Gasteiger partial charge in [-0.05, 0) is 43.6 Å². The number of amides is 1. The number of alkyl halides is 2. The molecule has 5 nitrogen and oxygen atoms in total. The van der Waals surface area contributed by atoms with Gasteiger partial charge in [-0.1, -0.05) is 43.7 Å². The third-order valence-electron chi connectivity index (χ3n) is 6.10. The first-order chi connectivity index (χ1) is 14.4. The van der Waals surface area contributed by atoms with Crippen LogP contribution in [0.2, 0.25) is 0 Å².